The van der Waals surface area contributed by atoms with Crippen LogP contribution in [0.25, 0.3) is 0 Å². The minimum absolute atomic E-state index is 0.0637. The van der Waals surface area contributed by atoms with Crippen molar-refractivity contribution in [1.29, 1.82) is 0 Å². The molecule has 1 amide bonds. The summed E-state index contributed by atoms with van der Waals surface area (Å²) in [6.07, 6.45) is 4.48. The maximum absolute atomic E-state index is 12.9. The fourth-order valence-corrected chi connectivity index (χ4v) is 4.76. The van der Waals surface area contributed by atoms with E-state index in [-0.39, 0.29) is 29.0 Å². The third-order valence-electron chi connectivity index (χ3n) is 4.61. The van der Waals surface area contributed by atoms with Gasteiger partial charge < -0.3 is 10.1 Å². The van der Waals surface area contributed by atoms with Gasteiger partial charge in [0.1, 0.15) is 0 Å². The smallest absolute Gasteiger partial charge is 0.338 e. The average Bonchev–Trinajstić information content (AvgIpc) is 2.66. The molecule has 0 radical (unpaired) electrons. The van der Waals surface area contributed by atoms with Crippen molar-refractivity contribution in [2.45, 2.75) is 56.9 Å². The Bertz CT molecular complexity index is 763. The van der Waals surface area contributed by atoms with Gasteiger partial charge in [0.25, 0.3) is 5.91 Å². The Hall–Kier alpha value is -1.93. The summed E-state index contributed by atoms with van der Waals surface area (Å²) in [5.41, 5.74) is 0.113. The molecule has 0 unspecified atom stereocenters. The lowest BCUT2D eigenvalue weighted by Gasteiger charge is -2.32. The largest absolute Gasteiger partial charge is 0.452 e. The van der Waals surface area contributed by atoms with Crippen LogP contribution in [-0.2, 0) is 19.6 Å². The van der Waals surface area contributed by atoms with Crippen molar-refractivity contribution in [3.63, 3.8) is 0 Å². The standard InChI is InChI=1S/C19H28N2O5S/c1-3-4-11-20-18(22)14-26-19(23)16-9-7-10-17(13-16)27(24,25)21-12-6-5-8-15(21)2/h7,9-10,13,15H,3-6,8,11-12,14H2,1-2H3,(H,20,22)/t15-/m1/s1. The second-order valence-electron chi connectivity index (χ2n) is 6.77. The quantitative estimate of drug-likeness (QED) is 0.538. The summed E-state index contributed by atoms with van der Waals surface area (Å²) in [6.45, 7) is 4.54. The van der Waals surface area contributed by atoms with Crippen molar-refractivity contribution in [1.82, 2.24) is 9.62 Å². The van der Waals surface area contributed by atoms with E-state index in [0.29, 0.717) is 13.1 Å². The van der Waals surface area contributed by atoms with Crippen molar-refractivity contribution in [3.8, 4) is 0 Å². The molecule has 0 bridgehead atoms. The number of sulfonamides is 1. The summed E-state index contributed by atoms with van der Waals surface area (Å²) in [6, 6.07) is 5.72. The van der Waals surface area contributed by atoms with E-state index in [9.17, 15) is 18.0 Å². The predicted octanol–water partition coefficient (Wildman–Crippen LogP) is 2.32. The molecule has 1 saturated heterocycles. The maximum Gasteiger partial charge on any atom is 0.338 e. The summed E-state index contributed by atoms with van der Waals surface area (Å²) < 4.78 is 32.3. The van der Waals surface area contributed by atoms with Crippen molar-refractivity contribution in [3.05, 3.63) is 29.8 Å². The van der Waals surface area contributed by atoms with Gasteiger partial charge in [-0.1, -0.05) is 25.8 Å². The Morgan fingerprint density at radius 2 is 2.07 bits per heavy atom. The number of ether oxygens (including phenoxy) is 1. The average molecular weight is 397 g/mol. The number of rotatable bonds is 8. The highest BCUT2D eigenvalue weighted by atomic mass is 32.2. The number of carbonyl (C=O) groups is 2. The van der Waals surface area contributed by atoms with Gasteiger partial charge in [0.2, 0.25) is 10.0 Å². The van der Waals surface area contributed by atoms with Crippen molar-refractivity contribution >= 4 is 21.9 Å². The van der Waals surface area contributed by atoms with Crippen LogP contribution in [0.15, 0.2) is 29.2 Å². The Morgan fingerprint density at radius 3 is 2.78 bits per heavy atom. The van der Waals surface area contributed by atoms with E-state index >= 15 is 0 Å². The van der Waals surface area contributed by atoms with Crippen LogP contribution < -0.4 is 5.32 Å². The van der Waals surface area contributed by atoms with Crippen molar-refractivity contribution < 1.29 is 22.7 Å². The number of nitrogens with zero attached hydrogens (tertiary/aromatic N) is 1. The molecular formula is C19H28N2O5S. The Balaban J connectivity index is 2.03. The first-order chi connectivity index (χ1) is 12.9. The molecular weight excluding hydrogens is 368 g/mol. The second-order valence-corrected chi connectivity index (χ2v) is 8.66. The van der Waals surface area contributed by atoms with E-state index in [1.54, 1.807) is 0 Å². The Morgan fingerprint density at radius 1 is 1.30 bits per heavy atom. The molecule has 0 aliphatic carbocycles. The third-order valence-corrected chi connectivity index (χ3v) is 6.61. The molecule has 1 aromatic carbocycles. The molecule has 1 N–H and O–H groups in total. The zero-order valence-electron chi connectivity index (χ0n) is 15.9. The molecule has 1 aliphatic heterocycles. The van der Waals surface area contributed by atoms with Gasteiger partial charge in [-0.15, -0.1) is 0 Å². The van der Waals surface area contributed by atoms with Gasteiger partial charge in [-0.05, 0) is 44.4 Å². The summed E-state index contributed by atoms with van der Waals surface area (Å²) in [5.74, 6) is -1.09. The Labute approximate surface area is 161 Å². The minimum Gasteiger partial charge on any atom is -0.452 e. The van der Waals surface area contributed by atoms with E-state index in [1.165, 1.54) is 28.6 Å². The van der Waals surface area contributed by atoms with Crippen LogP contribution in [0.5, 0.6) is 0 Å². The number of hydrogen-bond donors (Lipinski definition) is 1. The summed E-state index contributed by atoms with van der Waals surface area (Å²) in [4.78, 5) is 23.9. The first kappa shape index (κ1) is 21.4. The molecule has 7 nitrogen and oxygen atoms in total. The molecule has 27 heavy (non-hydrogen) atoms. The molecule has 150 valence electrons. The van der Waals surface area contributed by atoms with Crippen LogP contribution in [0.3, 0.4) is 0 Å². The van der Waals surface area contributed by atoms with E-state index in [4.69, 9.17) is 4.74 Å². The van der Waals surface area contributed by atoms with Gasteiger partial charge in [0.05, 0.1) is 10.5 Å². The monoisotopic (exact) mass is 396 g/mol. The highest BCUT2D eigenvalue weighted by molar-refractivity contribution is 7.89. The molecule has 0 saturated carbocycles. The van der Waals surface area contributed by atoms with Gasteiger partial charge >= 0.3 is 5.97 Å². The number of amides is 1. The molecule has 1 aliphatic rings. The number of hydrogen-bond acceptors (Lipinski definition) is 5. The first-order valence-electron chi connectivity index (χ1n) is 9.42. The van der Waals surface area contributed by atoms with Crippen LogP contribution in [0.2, 0.25) is 0 Å². The van der Waals surface area contributed by atoms with Crippen LogP contribution in [-0.4, -0.2) is 50.3 Å². The van der Waals surface area contributed by atoms with E-state index in [2.05, 4.69) is 5.32 Å². The van der Waals surface area contributed by atoms with Crippen LogP contribution >= 0.6 is 0 Å². The molecule has 1 atom stereocenters. The zero-order chi connectivity index (χ0) is 19.9. The predicted molar refractivity (Wildman–Crippen MR) is 102 cm³/mol. The molecule has 0 spiro atoms. The number of unbranched alkanes of at least 4 members (excludes halogenated alkanes) is 1. The first-order valence-corrected chi connectivity index (χ1v) is 10.9. The highest BCUT2D eigenvalue weighted by Gasteiger charge is 2.31. The number of nitrogens with one attached hydrogen (secondary N) is 1. The van der Waals surface area contributed by atoms with Gasteiger partial charge in [-0.2, -0.15) is 4.31 Å². The fourth-order valence-electron chi connectivity index (χ4n) is 3.02. The van der Waals surface area contributed by atoms with Gasteiger partial charge in [0, 0.05) is 19.1 Å². The van der Waals surface area contributed by atoms with Crippen LogP contribution in [0.1, 0.15) is 56.3 Å². The van der Waals surface area contributed by atoms with Gasteiger partial charge in [-0.3, -0.25) is 4.79 Å². The topological polar surface area (TPSA) is 92.8 Å². The maximum atomic E-state index is 12.9. The third kappa shape index (κ3) is 5.77. The molecule has 0 aromatic heterocycles. The number of benzene rings is 1. The van der Waals surface area contributed by atoms with Crippen LogP contribution in [0.4, 0.5) is 0 Å². The highest BCUT2D eigenvalue weighted by Crippen LogP contribution is 2.25. The zero-order valence-corrected chi connectivity index (χ0v) is 16.8. The second kappa shape index (κ2) is 9.85. The van der Waals surface area contributed by atoms with Gasteiger partial charge in [-0.25, -0.2) is 13.2 Å². The van der Waals surface area contributed by atoms with Gasteiger partial charge in [0.15, 0.2) is 6.61 Å². The fraction of sp³-hybridized carbons (Fsp3) is 0.579. The summed E-state index contributed by atoms with van der Waals surface area (Å²) in [5, 5.41) is 2.66. The summed E-state index contributed by atoms with van der Waals surface area (Å²) >= 11 is 0. The molecule has 2 rings (SSSR count). The summed E-state index contributed by atoms with van der Waals surface area (Å²) in [7, 11) is -3.67. The SMILES string of the molecule is CCCCNC(=O)COC(=O)c1cccc(S(=O)(=O)N2CCCC[C@H]2C)c1. The lowest BCUT2D eigenvalue weighted by Crippen LogP contribution is -2.41. The number of piperidine rings is 1. The van der Waals surface area contributed by atoms with E-state index < -0.39 is 16.0 Å². The molecule has 1 heterocycles. The van der Waals surface area contributed by atoms with Crippen LogP contribution in [0, 0.1) is 0 Å². The number of esters is 1. The van der Waals surface area contributed by atoms with E-state index in [1.807, 2.05) is 13.8 Å². The molecule has 1 fully saturated rings. The lowest BCUT2D eigenvalue weighted by atomic mass is 10.1. The Kier molecular flexibility index (Phi) is 7.79. The molecule has 1 aromatic rings. The normalized spacial score (nSPS) is 18.1. The number of carbonyl (C=O) groups excluding carboxylic acids is 2. The van der Waals surface area contributed by atoms with Crippen molar-refractivity contribution in [2.24, 2.45) is 0 Å². The lowest BCUT2D eigenvalue weighted by molar-refractivity contribution is -0.124. The minimum atomic E-state index is -3.67. The van der Waals surface area contributed by atoms with Crippen molar-refractivity contribution in [2.75, 3.05) is 19.7 Å². The molecule has 8 heteroatoms. The van der Waals surface area contributed by atoms with E-state index in [0.717, 1.165) is 32.1 Å².